The van der Waals surface area contributed by atoms with Crippen molar-refractivity contribution in [1.82, 2.24) is 15.3 Å². The molecule has 184 valence electrons. The fraction of sp³-hybridized carbons (Fsp3) is 0.185. The third-order valence-corrected chi connectivity index (χ3v) is 5.72. The van der Waals surface area contributed by atoms with Crippen LogP contribution in [0.3, 0.4) is 0 Å². The van der Waals surface area contributed by atoms with E-state index in [1.165, 1.54) is 6.07 Å². The summed E-state index contributed by atoms with van der Waals surface area (Å²) in [5, 5.41) is 2.66. The largest absolute Gasteiger partial charge is 0.489 e. The Labute approximate surface area is 206 Å². The highest BCUT2D eigenvalue weighted by Crippen LogP contribution is 2.25. The molecular weight excluding hydrogens is 463 g/mol. The van der Waals surface area contributed by atoms with Gasteiger partial charge in [-0.3, -0.25) is 14.4 Å². The van der Waals surface area contributed by atoms with Gasteiger partial charge < -0.3 is 20.8 Å². The highest BCUT2D eigenvalue weighted by molar-refractivity contribution is 5.94. The summed E-state index contributed by atoms with van der Waals surface area (Å²) in [6.45, 7) is 2.39. The maximum absolute atomic E-state index is 14.6. The topological polar surface area (TPSA) is 127 Å². The van der Waals surface area contributed by atoms with Crippen LogP contribution in [-0.4, -0.2) is 28.4 Å². The van der Waals surface area contributed by atoms with Crippen molar-refractivity contribution in [2.45, 2.75) is 26.3 Å². The van der Waals surface area contributed by atoms with Crippen LogP contribution < -0.4 is 21.3 Å². The van der Waals surface area contributed by atoms with Crippen LogP contribution in [0.2, 0.25) is 0 Å². The lowest BCUT2D eigenvalue weighted by molar-refractivity contribution is 0.0939. The Bertz CT molecular complexity index is 1480. The second kappa shape index (κ2) is 10.8. The van der Waals surface area contributed by atoms with Crippen LogP contribution >= 0.6 is 0 Å². The van der Waals surface area contributed by atoms with Crippen molar-refractivity contribution < 1.29 is 18.7 Å². The minimum absolute atomic E-state index is 0.0739. The Morgan fingerprint density at radius 2 is 1.81 bits per heavy atom. The molecule has 0 unspecified atom stereocenters. The van der Waals surface area contributed by atoms with E-state index < -0.39 is 23.2 Å². The summed E-state index contributed by atoms with van der Waals surface area (Å²) in [7, 11) is 0. The number of ether oxygens (including phenoxy) is 1. The lowest BCUT2D eigenvalue weighted by Gasteiger charge is -2.11. The molecule has 4 aromatic rings. The van der Waals surface area contributed by atoms with Gasteiger partial charge in [-0.25, -0.2) is 9.37 Å². The third kappa shape index (κ3) is 5.57. The van der Waals surface area contributed by atoms with Gasteiger partial charge in [0, 0.05) is 18.5 Å². The van der Waals surface area contributed by atoms with E-state index in [-0.39, 0.29) is 35.6 Å². The Kier molecular flexibility index (Phi) is 7.39. The van der Waals surface area contributed by atoms with E-state index >= 15 is 0 Å². The number of fused-ring (bicyclic) bond motifs is 1. The minimum Gasteiger partial charge on any atom is -0.489 e. The maximum atomic E-state index is 14.6. The average molecular weight is 489 g/mol. The number of amides is 2. The number of halogens is 1. The Balaban J connectivity index is 1.49. The molecule has 2 amide bonds. The smallest absolute Gasteiger partial charge is 0.287 e. The number of primary amides is 1. The van der Waals surface area contributed by atoms with Gasteiger partial charge in [-0.15, -0.1) is 0 Å². The van der Waals surface area contributed by atoms with Gasteiger partial charge in [0.2, 0.25) is 5.91 Å². The Morgan fingerprint density at radius 3 is 2.53 bits per heavy atom. The molecule has 4 N–H and O–H groups in total. The number of carbonyl (C=O) groups is 2. The minimum atomic E-state index is -0.716. The molecule has 0 bridgehead atoms. The van der Waals surface area contributed by atoms with Crippen molar-refractivity contribution in [3.05, 3.63) is 105 Å². The molecule has 0 aliphatic heterocycles. The van der Waals surface area contributed by atoms with Crippen LogP contribution in [0.1, 0.15) is 44.6 Å². The molecule has 0 spiro atoms. The summed E-state index contributed by atoms with van der Waals surface area (Å²) in [4.78, 5) is 43.3. The standard InChI is InChI=1S/C27H25FN4O4/c1-2-16-4-3-5-18(14-16)15-30-27(35)25-31-21-11-10-20(28)23(22(21)26(34)32-25)36-13-12-17-6-8-19(9-7-17)24(29)33/h3-11,14H,2,12-13,15H2,1H3,(H2,29,33)(H,30,35)(H,31,32,34). The predicted octanol–water partition coefficient (Wildman–Crippen LogP) is 3.28. The van der Waals surface area contributed by atoms with Gasteiger partial charge in [-0.05, 0) is 47.4 Å². The third-order valence-electron chi connectivity index (χ3n) is 5.72. The molecule has 4 rings (SSSR count). The number of hydrogen-bond acceptors (Lipinski definition) is 5. The first-order valence-corrected chi connectivity index (χ1v) is 11.5. The lowest BCUT2D eigenvalue weighted by atomic mass is 10.1. The zero-order chi connectivity index (χ0) is 25.7. The monoisotopic (exact) mass is 488 g/mol. The summed E-state index contributed by atoms with van der Waals surface area (Å²) in [6, 6.07) is 16.9. The Hall–Kier alpha value is -4.53. The number of H-pyrrole nitrogens is 1. The highest BCUT2D eigenvalue weighted by atomic mass is 19.1. The molecule has 8 nitrogen and oxygen atoms in total. The van der Waals surface area contributed by atoms with Crippen molar-refractivity contribution >= 4 is 22.7 Å². The number of aryl methyl sites for hydroxylation is 1. The SMILES string of the molecule is CCc1cccc(CNC(=O)c2nc3ccc(F)c(OCCc4ccc(C(N)=O)cc4)c3c(=O)[nH]2)c1. The number of carbonyl (C=O) groups excluding carboxylic acids is 2. The van der Waals surface area contributed by atoms with Crippen LogP contribution in [0.15, 0.2) is 65.5 Å². The molecule has 3 aromatic carbocycles. The summed E-state index contributed by atoms with van der Waals surface area (Å²) >= 11 is 0. The van der Waals surface area contributed by atoms with Crippen molar-refractivity contribution in [3.63, 3.8) is 0 Å². The van der Waals surface area contributed by atoms with Crippen molar-refractivity contribution in [3.8, 4) is 5.75 Å². The molecule has 0 atom stereocenters. The fourth-order valence-corrected chi connectivity index (χ4v) is 3.76. The molecule has 0 aliphatic carbocycles. The molecule has 0 saturated carbocycles. The molecule has 0 radical (unpaired) electrons. The highest BCUT2D eigenvalue weighted by Gasteiger charge is 2.17. The van der Waals surface area contributed by atoms with Gasteiger partial charge in [0.15, 0.2) is 17.4 Å². The van der Waals surface area contributed by atoms with Crippen LogP contribution in [0, 0.1) is 5.82 Å². The van der Waals surface area contributed by atoms with Gasteiger partial charge in [0.25, 0.3) is 11.5 Å². The zero-order valence-corrected chi connectivity index (χ0v) is 19.6. The van der Waals surface area contributed by atoms with Crippen LogP contribution in [0.4, 0.5) is 4.39 Å². The van der Waals surface area contributed by atoms with Gasteiger partial charge in [0.05, 0.1) is 12.1 Å². The average Bonchev–Trinajstić information content (AvgIpc) is 2.88. The molecule has 36 heavy (non-hydrogen) atoms. The molecule has 9 heteroatoms. The van der Waals surface area contributed by atoms with Crippen LogP contribution in [0.5, 0.6) is 5.75 Å². The van der Waals surface area contributed by atoms with E-state index in [0.717, 1.165) is 29.2 Å². The molecular formula is C27H25FN4O4. The number of aromatic nitrogens is 2. The summed E-state index contributed by atoms with van der Waals surface area (Å²) in [5.41, 5.74) is 7.99. The van der Waals surface area contributed by atoms with E-state index in [1.807, 2.05) is 31.2 Å². The summed E-state index contributed by atoms with van der Waals surface area (Å²) in [5.74, 6) is -2.21. The number of nitrogens with zero attached hydrogens (tertiary/aromatic N) is 1. The molecule has 0 saturated heterocycles. The summed E-state index contributed by atoms with van der Waals surface area (Å²) < 4.78 is 20.2. The molecule has 1 heterocycles. The molecule has 1 aromatic heterocycles. The van der Waals surface area contributed by atoms with E-state index in [0.29, 0.717) is 12.0 Å². The lowest BCUT2D eigenvalue weighted by Crippen LogP contribution is -2.27. The fourth-order valence-electron chi connectivity index (χ4n) is 3.76. The van der Waals surface area contributed by atoms with Crippen LogP contribution in [-0.2, 0) is 19.4 Å². The Morgan fingerprint density at radius 1 is 1.06 bits per heavy atom. The van der Waals surface area contributed by atoms with E-state index in [1.54, 1.807) is 24.3 Å². The van der Waals surface area contributed by atoms with Gasteiger partial charge in [-0.2, -0.15) is 0 Å². The number of nitrogens with two attached hydrogens (primary N) is 1. The summed E-state index contributed by atoms with van der Waals surface area (Å²) in [6.07, 6.45) is 1.28. The van der Waals surface area contributed by atoms with Gasteiger partial charge in [0.1, 0.15) is 5.39 Å². The second-order valence-corrected chi connectivity index (χ2v) is 8.20. The second-order valence-electron chi connectivity index (χ2n) is 8.20. The number of aromatic amines is 1. The zero-order valence-electron chi connectivity index (χ0n) is 19.6. The molecule has 0 fully saturated rings. The first-order valence-electron chi connectivity index (χ1n) is 11.5. The quantitative estimate of drug-likeness (QED) is 0.333. The van der Waals surface area contributed by atoms with Crippen molar-refractivity contribution in [1.29, 1.82) is 0 Å². The van der Waals surface area contributed by atoms with E-state index in [2.05, 4.69) is 15.3 Å². The normalized spacial score (nSPS) is 10.8. The number of benzene rings is 3. The first kappa shape index (κ1) is 24.6. The van der Waals surface area contributed by atoms with Crippen molar-refractivity contribution in [2.75, 3.05) is 6.61 Å². The van der Waals surface area contributed by atoms with Crippen LogP contribution in [0.25, 0.3) is 10.9 Å². The first-order chi connectivity index (χ1) is 17.4. The number of hydrogen-bond donors (Lipinski definition) is 3. The number of rotatable bonds is 9. The molecule has 0 aliphatic rings. The predicted molar refractivity (Wildman–Crippen MR) is 133 cm³/mol. The van der Waals surface area contributed by atoms with E-state index in [4.69, 9.17) is 10.5 Å². The van der Waals surface area contributed by atoms with Gasteiger partial charge in [-0.1, -0.05) is 43.3 Å². The van der Waals surface area contributed by atoms with Crippen molar-refractivity contribution in [2.24, 2.45) is 5.73 Å². The maximum Gasteiger partial charge on any atom is 0.287 e. The van der Waals surface area contributed by atoms with Gasteiger partial charge >= 0.3 is 0 Å². The van der Waals surface area contributed by atoms with E-state index in [9.17, 15) is 18.8 Å². The number of nitrogens with one attached hydrogen (secondary N) is 2.